The van der Waals surface area contributed by atoms with Gasteiger partial charge in [-0.15, -0.1) is 0 Å². The SMILES string of the molecule is CCNC1C(=O)Nc2cc(N3CCCC(C)(C)C3)ccc21. The fraction of sp³-hybridized carbons (Fsp3) is 0.588. The number of benzene rings is 1. The number of hydrogen-bond donors (Lipinski definition) is 2. The molecule has 2 heterocycles. The van der Waals surface area contributed by atoms with Gasteiger partial charge in [0.1, 0.15) is 6.04 Å². The lowest BCUT2D eigenvalue weighted by atomic mass is 9.84. The van der Waals surface area contributed by atoms with E-state index in [9.17, 15) is 4.79 Å². The molecule has 4 heteroatoms. The number of piperidine rings is 1. The molecule has 3 rings (SSSR count). The molecule has 0 spiro atoms. The van der Waals surface area contributed by atoms with Crippen molar-refractivity contribution in [3.8, 4) is 0 Å². The van der Waals surface area contributed by atoms with Crippen LogP contribution in [-0.4, -0.2) is 25.5 Å². The molecule has 1 amide bonds. The Bertz CT molecular complexity index is 553. The van der Waals surface area contributed by atoms with Crippen molar-refractivity contribution >= 4 is 17.3 Å². The molecule has 2 aliphatic heterocycles. The van der Waals surface area contributed by atoms with Crippen LogP contribution in [0.4, 0.5) is 11.4 Å². The molecule has 2 aliphatic rings. The Kier molecular flexibility index (Phi) is 3.66. The number of hydrogen-bond acceptors (Lipinski definition) is 3. The number of fused-ring (bicyclic) bond motifs is 1. The monoisotopic (exact) mass is 287 g/mol. The summed E-state index contributed by atoms with van der Waals surface area (Å²) in [5.74, 6) is 0.0583. The van der Waals surface area contributed by atoms with E-state index in [0.29, 0.717) is 5.41 Å². The molecular weight excluding hydrogens is 262 g/mol. The normalized spacial score (nSPS) is 23.9. The molecule has 21 heavy (non-hydrogen) atoms. The molecule has 1 aromatic carbocycles. The number of anilines is 2. The van der Waals surface area contributed by atoms with Crippen molar-refractivity contribution in [1.82, 2.24) is 5.32 Å². The van der Waals surface area contributed by atoms with Gasteiger partial charge in [0.25, 0.3) is 0 Å². The standard InChI is InChI=1S/C17H25N3O/c1-4-18-15-13-7-6-12(10-14(13)19-16(15)21)20-9-5-8-17(2,3)11-20/h6-7,10,15,18H,4-5,8-9,11H2,1-3H3,(H,19,21). The molecule has 0 radical (unpaired) electrons. The van der Waals surface area contributed by atoms with E-state index in [1.54, 1.807) is 0 Å². The summed E-state index contributed by atoms with van der Waals surface area (Å²) in [5.41, 5.74) is 3.62. The molecule has 114 valence electrons. The van der Waals surface area contributed by atoms with E-state index in [0.717, 1.165) is 30.9 Å². The average Bonchev–Trinajstić information content (AvgIpc) is 2.74. The molecule has 1 unspecified atom stereocenters. The van der Waals surface area contributed by atoms with Crippen LogP contribution in [0.3, 0.4) is 0 Å². The topological polar surface area (TPSA) is 44.4 Å². The lowest BCUT2D eigenvalue weighted by molar-refractivity contribution is -0.117. The van der Waals surface area contributed by atoms with Gasteiger partial charge in [0.2, 0.25) is 5.91 Å². The first kappa shape index (κ1) is 14.4. The summed E-state index contributed by atoms with van der Waals surface area (Å²) >= 11 is 0. The average molecular weight is 287 g/mol. The number of amides is 1. The fourth-order valence-corrected chi connectivity index (χ4v) is 3.50. The van der Waals surface area contributed by atoms with Crippen molar-refractivity contribution in [2.75, 3.05) is 29.9 Å². The number of carbonyl (C=O) groups excluding carboxylic acids is 1. The molecule has 4 nitrogen and oxygen atoms in total. The maximum atomic E-state index is 12.0. The molecule has 0 aliphatic carbocycles. The molecule has 2 N–H and O–H groups in total. The van der Waals surface area contributed by atoms with Crippen LogP contribution in [0, 0.1) is 5.41 Å². The van der Waals surface area contributed by atoms with Gasteiger partial charge in [0, 0.05) is 30.0 Å². The first-order valence-corrected chi connectivity index (χ1v) is 7.93. The van der Waals surface area contributed by atoms with Crippen molar-refractivity contribution < 1.29 is 4.79 Å². The van der Waals surface area contributed by atoms with Gasteiger partial charge >= 0.3 is 0 Å². The van der Waals surface area contributed by atoms with Crippen molar-refractivity contribution in [3.63, 3.8) is 0 Å². The van der Waals surface area contributed by atoms with Gasteiger partial charge in [-0.25, -0.2) is 0 Å². The van der Waals surface area contributed by atoms with E-state index >= 15 is 0 Å². The van der Waals surface area contributed by atoms with Crippen LogP contribution in [-0.2, 0) is 4.79 Å². The van der Waals surface area contributed by atoms with Crippen molar-refractivity contribution in [2.24, 2.45) is 5.41 Å². The minimum Gasteiger partial charge on any atom is -0.371 e. The van der Waals surface area contributed by atoms with E-state index in [1.165, 1.54) is 18.5 Å². The first-order chi connectivity index (χ1) is 10.00. The number of carbonyl (C=O) groups is 1. The summed E-state index contributed by atoms with van der Waals surface area (Å²) in [6.07, 6.45) is 2.52. The van der Waals surface area contributed by atoms with Crippen LogP contribution >= 0.6 is 0 Å². The number of nitrogens with zero attached hydrogens (tertiary/aromatic N) is 1. The predicted octanol–water partition coefficient (Wildman–Crippen LogP) is 2.92. The minimum absolute atomic E-state index is 0.0583. The van der Waals surface area contributed by atoms with Crippen molar-refractivity contribution in [2.45, 2.75) is 39.7 Å². The van der Waals surface area contributed by atoms with Gasteiger partial charge < -0.3 is 15.5 Å². The van der Waals surface area contributed by atoms with E-state index in [1.807, 2.05) is 6.92 Å². The Balaban J connectivity index is 1.84. The lowest BCUT2D eigenvalue weighted by Crippen LogP contribution is -2.40. The summed E-state index contributed by atoms with van der Waals surface area (Å²) in [7, 11) is 0. The quantitative estimate of drug-likeness (QED) is 0.898. The molecule has 1 aromatic rings. The Hall–Kier alpha value is -1.55. The smallest absolute Gasteiger partial charge is 0.246 e. The highest BCUT2D eigenvalue weighted by Gasteiger charge is 2.31. The molecule has 0 saturated carbocycles. The second-order valence-corrected chi connectivity index (χ2v) is 6.94. The van der Waals surface area contributed by atoms with Crippen LogP contribution in [0.15, 0.2) is 18.2 Å². The lowest BCUT2D eigenvalue weighted by Gasteiger charge is -2.39. The van der Waals surface area contributed by atoms with Crippen LogP contribution in [0.2, 0.25) is 0 Å². The molecule has 0 bridgehead atoms. The highest BCUT2D eigenvalue weighted by Crippen LogP contribution is 2.37. The third kappa shape index (κ3) is 2.77. The summed E-state index contributed by atoms with van der Waals surface area (Å²) < 4.78 is 0. The van der Waals surface area contributed by atoms with Gasteiger partial charge in [-0.05, 0) is 36.9 Å². The number of rotatable bonds is 3. The summed E-state index contributed by atoms with van der Waals surface area (Å²) in [5, 5.41) is 6.24. The van der Waals surface area contributed by atoms with E-state index < -0.39 is 0 Å². The third-order valence-electron chi connectivity index (χ3n) is 4.54. The number of likely N-dealkylation sites (N-methyl/N-ethyl adjacent to an activating group) is 1. The van der Waals surface area contributed by atoms with Crippen LogP contribution < -0.4 is 15.5 Å². The summed E-state index contributed by atoms with van der Waals surface area (Å²) in [6, 6.07) is 6.19. The maximum absolute atomic E-state index is 12.0. The van der Waals surface area contributed by atoms with Gasteiger partial charge in [-0.1, -0.05) is 26.8 Å². The molecule has 1 atom stereocenters. The highest BCUT2D eigenvalue weighted by atomic mass is 16.2. The van der Waals surface area contributed by atoms with Crippen LogP contribution in [0.25, 0.3) is 0 Å². The zero-order valence-electron chi connectivity index (χ0n) is 13.2. The summed E-state index contributed by atoms with van der Waals surface area (Å²) in [6.45, 7) is 9.66. The Morgan fingerprint density at radius 1 is 1.43 bits per heavy atom. The van der Waals surface area contributed by atoms with Crippen LogP contribution in [0.1, 0.15) is 45.2 Å². The second-order valence-electron chi connectivity index (χ2n) is 6.94. The Morgan fingerprint density at radius 3 is 2.95 bits per heavy atom. The highest BCUT2D eigenvalue weighted by molar-refractivity contribution is 6.03. The van der Waals surface area contributed by atoms with Gasteiger partial charge in [-0.2, -0.15) is 0 Å². The van der Waals surface area contributed by atoms with E-state index in [4.69, 9.17) is 0 Å². The van der Waals surface area contributed by atoms with Gasteiger partial charge in [-0.3, -0.25) is 4.79 Å². The maximum Gasteiger partial charge on any atom is 0.246 e. The Labute approximate surface area is 126 Å². The molecule has 0 aromatic heterocycles. The number of nitrogens with one attached hydrogen (secondary N) is 2. The van der Waals surface area contributed by atoms with Gasteiger partial charge in [0.15, 0.2) is 0 Å². The van der Waals surface area contributed by atoms with Gasteiger partial charge in [0.05, 0.1) is 0 Å². The third-order valence-corrected chi connectivity index (χ3v) is 4.54. The summed E-state index contributed by atoms with van der Waals surface area (Å²) in [4.78, 5) is 14.5. The fourth-order valence-electron chi connectivity index (χ4n) is 3.50. The van der Waals surface area contributed by atoms with E-state index in [2.05, 4.69) is 47.6 Å². The Morgan fingerprint density at radius 2 is 2.24 bits per heavy atom. The van der Waals surface area contributed by atoms with Crippen molar-refractivity contribution in [3.05, 3.63) is 23.8 Å². The molecule has 1 saturated heterocycles. The zero-order valence-corrected chi connectivity index (χ0v) is 13.2. The second kappa shape index (κ2) is 5.34. The molecule has 1 fully saturated rings. The minimum atomic E-state index is -0.197. The largest absolute Gasteiger partial charge is 0.371 e. The first-order valence-electron chi connectivity index (χ1n) is 7.93. The van der Waals surface area contributed by atoms with Crippen LogP contribution in [0.5, 0.6) is 0 Å². The van der Waals surface area contributed by atoms with E-state index in [-0.39, 0.29) is 11.9 Å². The van der Waals surface area contributed by atoms with Crippen molar-refractivity contribution in [1.29, 1.82) is 0 Å². The molecular formula is C17H25N3O. The predicted molar refractivity (Wildman–Crippen MR) is 86.7 cm³/mol. The zero-order chi connectivity index (χ0) is 15.0.